The molecule has 0 bridgehead atoms. The third kappa shape index (κ3) is 2.92. The van der Waals surface area contributed by atoms with E-state index < -0.39 is 0 Å². The fourth-order valence-electron chi connectivity index (χ4n) is 3.49. The van der Waals surface area contributed by atoms with Crippen molar-refractivity contribution in [3.05, 3.63) is 16.9 Å². The van der Waals surface area contributed by atoms with Gasteiger partial charge in [0.1, 0.15) is 0 Å². The number of rotatable bonds is 2. The first kappa shape index (κ1) is 13.3. The number of aromatic nitrogens is 2. The predicted molar refractivity (Wildman–Crippen MR) is 78.1 cm³/mol. The number of aliphatic hydroxyl groups is 1. The first-order valence-corrected chi connectivity index (χ1v) is 7.95. The fourth-order valence-corrected chi connectivity index (χ4v) is 3.70. The van der Waals surface area contributed by atoms with Crippen LogP contribution in [0, 0.1) is 5.92 Å². The highest BCUT2D eigenvalue weighted by Gasteiger charge is 2.37. The Bertz CT molecular complexity index is 419. The number of hydrogen-bond acceptors (Lipinski definition) is 4. The molecule has 19 heavy (non-hydrogen) atoms. The van der Waals surface area contributed by atoms with Gasteiger partial charge in [-0.15, -0.1) is 0 Å². The fraction of sp³-hybridized carbons (Fsp3) is 0.714. The molecule has 2 heterocycles. The van der Waals surface area contributed by atoms with E-state index in [2.05, 4.69) is 30.8 Å². The van der Waals surface area contributed by atoms with E-state index in [-0.39, 0.29) is 6.10 Å². The lowest BCUT2D eigenvalue weighted by Gasteiger charge is -2.33. The van der Waals surface area contributed by atoms with Crippen LogP contribution in [-0.4, -0.2) is 33.8 Å². The molecule has 1 aliphatic heterocycles. The van der Waals surface area contributed by atoms with Gasteiger partial charge >= 0.3 is 0 Å². The van der Waals surface area contributed by atoms with Gasteiger partial charge in [0.15, 0.2) is 0 Å². The molecule has 1 aromatic rings. The number of nitrogens with zero attached hydrogens (tertiary/aromatic N) is 3. The van der Waals surface area contributed by atoms with Crippen LogP contribution in [0.15, 0.2) is 16.9 Å². The zero-order valence-electron chi connectivity index (χ0n) is 11.0. The molecule has 1 aromatic heterocycles. The van der Waals surface area contributed by atoms with E-state index in [0.29, 0.717) is 18.5 Å². The maximum Gasteiger partial charge on any atom is 0.225 e. The van der Waals surface area contributed by atoms with E-state index in [1.807, 2.05) is 0 Å². The zero-order valence-corrected chi connectivity index (χ0v) is 12.6. The number of hydrogen-bond donors (Lipinski definition) is 1. The highest BCUT2D eigenvalue weighted by molar-refractivity contribution is 9.10. The highest BCUT2D eigenvalue weighted by Crippen LogP contribution is 2.35. The predicted octanol–water partition coefficient (Wildman–Crippen LogP) is 2.76. The van der Waals surface area contributed by atoms with Crippen molar-refractivity contribution in [2.75, 3.05) is 11.4 Å². The summed E-state index contributed by atoms with van der Waals surface area (Å²) in [4.78, 5) is 11.0. The molecule has 104 valence electrons. The minimum Gasteiger partial charge on any atom is -0.391 e. The monoisotopic (exact) mass is 325 g/mol. The van der Waals surface area contributed by atoms with Crippen molar-refractivity contribution in [2.45, 2.75) is 50.7 Å². The van der Waals surface area contributed by atoms with Crippen LogP contribution in [0.3, 0.4) is 0 Å². The van der Waals surface area contributed by atoms with Crippen LogP contribution in [0.1, 0.15) is 38.5 Å². The molecule has 0 radical (unpaired) electrons. The minimum absolute atomic E-state index is 0.237. The Hall–Kier alpha value is -0.680. The summed E-state index contributed by atoms with van der Waals surface area (Å²) in [6.07, 6.45) is 10.8. The summed E-state index contributed by atoms with van der Waals surface area (Å²) in [5.74, 6) is 1.45. The second-order valence-electron chi connectivity index (χ2n) is 5.71. The van der Waals surface area contributed by atoms with Gasteiger partial charge in [-0.3, -0.25) is 0 Å². The van der Waals surface area contributed by atoms with Crippen molar-refractivity contribution in [2.24, 2.45) is 5.92 Å². The van der Waals surface area contributed by atoms with E-state index in [1.54, 1.807) is 12.4 Å². The molecule has 0 amide bonds. The SMILES string of the molecule is OC1CC(C2CCCCC2)N(c2ncc(Br)cn2)C1. The summed E-state index contributed by atoms with van der Waals surface area (Å²) < 4.78 is 0.894. The summed E-state index contributed by atoms with van der Waals surface area (Å²) in [6, 6.07) is 0.413. The van der Waals surface area contributed by atoms with Gasteiger partial charge in [-0.2, -0.15) is 0 Å². The molecule has 1 saturated carbocycles. The van der Waals surface area contributed by atoms with Crippen LogP contribution in [0.25, 0.3) is 0 Å². The standard InChI is InChI=1S/C14H20BrN3O/c15-11-7-16-14(17-8-11)18-9-12(19)6-13(18)10-4-2-1-3-5-10/h7-8,10,12-13,19H,1-6,9H2. The Morgan fingerprint density at radius 1 is 1.16 bits per heavy atom. The Kier molecular flexibility index (Phi) is 4.03. The van der Waals surface area contributed by atoms with Crippen LogP contribution in [0.5, 0.6) is 0 Å². The summed E-state index contributed by atoms with van der Waals surface area (Å²) >= 11 is 3.36. The van der Waals surface area contributed by atoms with E-state index >= 15 is 0 Å². The largest absolute Gasteiger partial charge is 0.391 e. The average Bonchev–Trinajstić information content (AvgIpc) is 2.83. The molecule has 4 nitrogen and oxygen atoms in total. The normalized spacial score (nSPS) is 28.8. The van der Waals surface area contributed by atoms with Gasteiger partial charge in [0.2, 0.25) is 5.95 Å². The van der Waals surface area contributed by atoms with Gasteiger partial charge in [-0.25, -0.2) is 9.97 Å². The Morgan fingerprint density at radius 2 is 1.84 bits per heavy atom. The molecule has 1 N–H and O–H groups in total. The molecule has 0 spiro atoms. The third-order valence-electron chi connectivity index (χ3n) is 4.38. The van der Waals surface area contributed by atoms with Crippen molar-refractivity contribution in [1.82, 2.24) is 9.97 Å². The van der Waals surface area contributed by atoms with Crippen LogP contribution in [0.4, 0.5) is 5.95 Å². The van der Waals surface area contributed by atoms with Gasteiger partial charge in [0.25, 0.3) is 0 Å². The van der Waals surface area contributed by atoms with Gasteiger partial charge in [0, 0.05) is 25.0 Å². The molecule has 3 rings (SSSR count). The van der Waals surface area contributed by atoms with Crippen molar-refractivity contribution >= 4 is 21.9 Å². The van der Waals surface area contributed by atoms with E-state index in [0.717, 1.165) is 16.8 Å². The summed E-state index contributed by atoms with van der Waals surface area (Å²) in [5, 5.41) is 10.0. The third-order valence-corrected chi connectivity index (χ3v) is 4.79. The molecule has 1 aliphatic carbocycles. The van der Waals surface area contributed by atoms with E-state index in [4.69, 9.17) is 0 Å². The Labute approximate surface area is 122 Å². The highest BCUT2D eigenvalue weighted by atomic mass is 79.9. The maximum atomic E-state index is 10.0. The number of anilines is 1. The molecule has 0 aromatic carbocycles. The van der Waals surface area contributed by atoms with Gasteiger partial charge in [-0.1, -0.05) is 19.3 Å². The second-order valence-corrected chi connectivity index (χ2v) is 6.62. The lowest BCUT2D eigenvalue weighted by Crippen LogP contribution is -2.37. The lowest BCUT2D eigenvalue weighted by molar-refractivity contribution is 0.185. The summed E-state index contributed by atoms with van der Waals surface area (Å²) in [6.45, 7) is 0.669. The number of β-amino-alcohol motifs (C(OH)–C–C–N with tert-alkyl or cyclic N) is 1. The number of aliphatic hydroxyl groups excluding tert-OH is 1. The Balaban J connectivity index is 1.79. The van der Waals surface area contributed by atoms with Crippen LogP contribution >= 0.6 is 15.9 Å². The van der Waals surface area contributed by atoms with E-state index in [1.165, 1.54) is 32.1 Å². The Morgan fingerprint density at radius 3 is 2.53 bits per heavy atom. The molecule has 2 fully saturated rings. The maximum absolute atomic E-state index is 10.0. The van der Waals surface area contributed by atoms with Gasteiger partial charge < -0.3 is 10.0 Å². The molecular weight excluding hydrogens is 306 g/mol. The van der Waals surface area contributed by atoms with Crippen molar-refractivity contribution in [1.29, 1.82) is 0 Å². The topological polar surface area (TPSA) is 49.2 Å². The van der Waals surface area contributed by atoms with Crippen molar-refractivity contribution < 1.29 is 5.11 Å². The molecule has 2 atom stereocenters. The summed E-state index contributed by atoms with van der Waals surface area (Å²) in [5.41, 5.74) is 0. The molecule has 2 aliphatic rings. The summed E-state index contributed by atoms with van der Waals surface area (Å²) in [7, 11) is 0. The zero-order chi connectivity index (χ0) is 13.2. The first-order chi connectivity index (χ1) is 9.24. The van der Waals surface area contributed by atoms with Gasteiger partial charge in [-0.05, 0) is 41.1 Å². The second kappa shape index (κ2) is 5.75. The van der Waals surface area contributed by atoms with E-state index in [9.17, 15) is 5.11 Å². The van der Waals surface area contributed by atoms with Crippen LogP contribution in [-0.2, 0) is 0 Å². The lowest BCUT2D eigenvalue weighted by atomic mass is 9.83. The van der Waals surface area contributed by atoms with Crippen LogP contribution in [0.2, 0.25) is 0 Å². The quantitative estimate of drug-likeness (QED) is 0.908. The van der Waals surface area contributed by atoms with Crippen LogP contribution < -0.4 is 4.90 Å². The molecule has 2 unspecified atom stereocenters. The first-order valence-electron chi connectivity index (χ1n) is 7.16. The van der Waals surface area contributed by atoms with Gasteiger partial charge in [0.05, 0.1) is 10.6 Å². The van der Waals surface area contributed by atoms with Crippen molar-refractivity contribution in [3.8, 4) is 0 Å². The minimum atomic E-state index is -0.237. The molecular formula is C14H20BrN3O. The molecule has 1 saturated heterocycles. The average molecular weight is 326 g/mol. The number of halogens is 1. The molecule has 5 heteroatoms. The smallest absolute Gasteiger partial charge is 0.225 e. The van der Waals surface area contributed by atoms with Crippen molar-refractivity contribution in [3.63, 3.8) is 0 Å².